The summed E-state index contributed by atoms with van der Waals surface area (Å²) in [5.41, 5.74) is 1.44. The molecule has 0 bridgehead atoms. The van der Waals surface area contributed by atoms with Crippen molar-refractivity contribution in [3.63, 3.8) is 0 Å². The van der Waals surface area contributed by atoms with E-state index >= 15 is 0 Å². The van der Waals surface area contributed by atoms with E-state index in [0.717, 1.165) is 5.56 Å². The van der Waals surface area contributed by atoms with Gasteiger partial charge in [-0.05, 0) is 29.8 Å². The van der Waals surface area contributed by atoms with E-state index < -0.39 is 0 Å². The molecule has 0 atom stereocenters. The van der Waals surface area contributed by atoms with Crippen LogP contribution < -0.4 is 14.8 Å². The average molecular weight is 420 g/mol. The number of fused-ring (bicyclic) bond motifs is 1. The Bertz CT molecular complexity index is 1100. The number of amides is 2. The summed E-state index contributed by atoms with van der Waals surface area (Å²) in [6, 6.07) is 10.3. The molecule has 3 heterocycles. The van der Waals surface area contributed by atoms with Gasteiger partial charge in [0.2, 0.25) is 6.79 Å². The third-order valence-corrected chi connectivity index (χ3v) is 4.57. The number of rotatable bonds is 8. The average Bonchev–Trinajstić information content (AvgIpc) is 3.46. The van der Waals surface area contributed by atoms with Gasteiger partial charge in [-0.25, -0.2) is 0 Å². The molecule has 0 fully saturated rings. The number of pyridine rings is 1. The molecule has 9 nitrogen and oxygen atoms in total. The Kier molecular flexibility index (Phi) is 5.93. The van der Waals surface area contributed by atoms with Crippen molar-refractivity contribution in [2.24, 2.45) is 0 Å². The first kappa shape index (κ1) is 20.1. The fourth-order valence-electron chi connectivity index (χ4n) is 3.05. The fraction of sp³-hybridized carbons (Fsp3) is 0.182. The minimum atomic E-state index is -0.387. The molecule has 3 aromatic rings. The van der Waals surface area contributed by atoms with Gasteiger partial charge in [0, 0.05) is 31.5 Å². The molecule has 9 heteroatoms. The second-order valence-electron chi connectivity index (χ2n) is 6.76. The van der Waals surface area contributed by atoms with E-state index in [2.05, 4.69) is 22.0 Å². The highest BCUT2D eigenvalue weighted by Gasteiger charge is 2.19. The second-order valence-corrected chi connectivity index (χ2v) is 6.76. The third kappa shape index (κ3) is 4.72. The molecule has 1 N–H and O–H groups in total. The SMILES string of the molecule is C=CCN(Cc1cc(C(=O)NCc2ccc3c(c2)OCO3)no1)C(=O)c1cccnc1. The standard InChI is InChI=1S/C22H20N4O5/c1-2-8-26(22(28)16-4-3-7-23-12-16)13-17-10-18(25-31-17)21(27)24-11-15-5-6-19-20(9-15)30-14-29-19/h2-7,9-10,12H,1,8,11,13-14H2,(H,24,27). The molecule has 0 saturated heterocycles. The number of benzene rings is 1. The van der Waals surface area contributed by atoms with E-state index in [0.29, 0.717) is 35.9 Å². The number of aromatic nitrogens is 2. The van der Waals surface area contributed by atoms with Crippen molar-refractivity contribution in [1.29, 1.82) is 0 Å². The first-order valence-corrected chi connectivity index (χ1v) is 9.56. The van der Waals surface area contributed by atoms with Crippen LogP contribution in [0.15, 0.2) is 66.0 Å². The van der Waals surface area contributed by atoms with Gasteiger partial charge in [-0.15, -0.1) is 6.58 Å². The highest BCUT2D eigenvalue weighted by Crippen LogP contribution is 2.32. The Balaban J connectivity index is 1.37. The molecule has 158 valence electrons. The topological polar surface area (TPSA) is 107 Å². The summed E-state index contributed by atoms with van der Waals surface area (Å²) < 4.78 is 15.9. The Hall–Kier alpha value is -4.14. The molecule has 4 rings (SSSR count). The number of nitrogens with one attached hydrogen (secondary N) is 1. The Labute approximate surface area is 178 Å². The molecule has 1 aliphatic heterocycles. The number of carbonyl (C=O) groups is 2. The van der Waals surface area contributed by atoms with Gasteiger partial charge in [-0.2, -0.15) is 0 Å². The van der Waals surface area contributed by atoms with E-state index in [-0.39, 0.29) is 30.8 Å². The van der Waals surface area contributed by atoms with E-state index in [1.807, 2.05) is 12.1 Å². The molecule has 0 radical (unpaired) electrons. The number of ether oxygens (including phenoxy) is 2. The zero-order valence-corrected chi connectivity index (χ0v) is 16.6. The lowest BCUT2D eigenvalue weighted by Gasteiger charge is -2.19. The van der Waals surface area contributed by atoms with Gasteiger partial charge in [-0.1, -0.05) is 17.3 Å². The van der Waals surface area contributed by atoms with Crippen molar-refractivity contribution in [1.82, 2.24) is 20.4 Å². The van der Waals surface area contributed by atoms with Crippen molar-refractivity contribution >= 4 is 11.8 Å². The molecule has 0 aliphatic carbocycles. The molecule has 1 aromatic carbocycles. The number of hydrogen-bond donors (Lipinski definition) is 1. The zero-order chi connectivity index (χ0) is 21.6. The van der Waals surface area contributed by atoms with Gasteiger partial charge in [0.25, 0.3) is 11.8 Å². The van der Waals surface area contributed by atoms with Crippen LogP contribution in [0.1, 0.15) is 32.2 Å². The summed E-state index contributed by atoms with van der Waals surface area (Å²) in [7, 11) is 0. The van der Waals surface area contributed by atoms with Crippen LogP contribution in [0, 0.1) is 0 Å². The van der Waals surface area contributed by atoms with Crippen LogP contribution in [0.2, 0.25) is 0 Å². The number of hydrogen-bond acceptors (Lipinski definition) is 7. The summed E-state index contributed by atoms with van der Waals surface area (Å²) in [5.74, 6) is 1.10. The van der Waals surface area contributed by atoms with Crippen molar-refractivity contribution < 1.29 is 23.6 Å². The molecule has 31 heavy (non-hydrogen) atoms. The molecule has 0 spiro atoms. The molecular weight excluding hydrogens is 400 g/mol. The van der Waals surface area contributed by atoms with Crippen LogP contribution in [0.25, 0.3) is 0 Å². The van der Waals surface area contributed by atoms with Gasteiger partial charge >= 0.3 is 0 Å². The van der Waals surface area contributed by atoms with Gasteiger partial charge < -0.3 is 24.2 Å². The van der Waals surface area contributed by atoms with Gasteiger partial charge in [-0.3, -0.25) is 14.6 Å². The molecule has 0 unspecified atom stereocenters. The monoisotopic (exact) mass is 420 g/mol. The van der Waals surface area contributed by atoms with Crippen LogP contribution in [-0.2, 0) is 13.1 Å². The predicted octanol–water partition coefficient (Wildman–Crippen LogP) is 2.56. The first-order valence-electron chi connectivity index (χ1n) is 9.56. The van der Waals surface area contributed by atoms with E-state index in [1.54, 1.807) is 30.5 Å². The van der Waals surface area contributed by atoms with Gasteiger partial charge in [0.05, 0.1) is 12.1 Å². The maximum absolute atomic E-state index is 12.7. The summed E-state index contributed by atoms with van der Waals surface area (Å²) in [4.78, 5) is 30.6. The lowest BCUT2D eigenvalue weighted by atomic mass is 10.2. The lowest BCUT2D eigenvalue weighted by Crippen LogP contribution is -2.30. The fourth-order valence-corrected chi connectivity index (χ4v) is 3.05. The molecule has 1 aliphatic rings. The largest absolute Gasteiger partial charge is 0.454 e. The van der Waals surface area contributed by atoms with E-state index in [4.69, 9.17) is 14.0 Å². The van der Waals surface area contributed by atoms with E-state index in [1.165, 1.54) is 17.2 Å². The summed E-state index contributed by atoms with van der Waals surface area (Å²) in [6.07, 6.45) is 4.71. The number of nitrogens with zero attached hydrogens (tertiary/aromatic N) is 3. The Morgan fingerprint density at radius 2 is 2.06 bits per heavy atom. The summed E-state index contributed by atoms with van der Waals surface area (Å²) >= 11 is 0. The van der Waals surface area contributed by atoms with Crippen molar-refractivity contribution in [3.05, 3.63) is 84.0 Å². The zero-order valence-electron chi connectivity index (χ0n) is 16.6. The Morgan fingerprint density at radius 3 is 2.87 bits per heavy atom. The van der Waals surface area contributed by atoms with Gasteiger partial charge in [0.1, 0.15) is 0 Å². The van der Waals surface area contributed by atoms with Gasteiger partial charge in [0.15, 0.2) is 23.0 Å². The van der Waals surface area contributed by atoms with E-state index in [9.17, 15) is 9.59 Å². The lowest BCUT2D eigenvalue weighted by molar-refractivity contribution is 0.0747. The van der Waals surface area contributed by atoms with Crippen molar-refractivity contribution in [3.8, 4) is 11.5 Å². The Morgan fingerprint density at radius 1 is 1.19 bits per heavy atom. The quantitative estimate of drug-likeness (QED) is 0.558. The maximum atomic E-state index is 12.7. The van der Waals surface area contributed by atoms with Crippen LogP contribution in [0.5, 0.6) is 11.5 Å². The second kappa shape index (κ2) is 9.12. The predicted molar refractivity (Wildman–Crippen MR) is 109 cm³/mol. The van der Waals surface area contributed by atoms with Crippen LogP contribution in [-0.4, -0.2) is 40.2 Å². The first-order chi connectivity index (χ1) is 15.1. The van der Waals surface area contributed by atoms with Crippen molar-refractivity contribution in [2.75, 3.05) is 13.3 Å². The minimum absolute atomic E-state index is 0.128. The molecule has 0 saturated carbocycles. The summed E-state index contributed by atoms with van der Waals surface area (Å²) in [6.45, 7) is 4.62. The molecule has 2 aromatic heterocycles. The smallest absolute Gasteiger partial charge is 0.273 e. The van der Waals surface area contributed by atoms with Crippen molar-refractivity contribution in [2.45, 2.75) is 13.1 Å². The minimum Gasteiger partial charge on any atom is -0.454 e. The molecule has 2 amide bonds. The summed E-state index contributed by atoms with van der Waals surface area (Å²) in [5, 5.41) is 6.61. The highest BCUT2D eigenvalue weighted by molar-refractivity contribution is 5.94. The third-order valence-electron chi connectivity index (χ3n) is 4.57. The van der Waals surface area contributed by atoms with Crippen LogP contribution in [0.3, 0.4) is 0 Å². The molecular formula is C22H20N4O5. The van der Waals surface area contributed by atoms with Crippen LogP contribution in [0.4, 0.5) is 0 Å². The number of carbonyl (C=O) groups excluding carboxylic acids is 2. The highest BCUT2D eigenvalue weighted by atomic mass is 16.7. The maximum Gasteiger partial charge on any atom is 0.273 e. The normalized spacial score (nSPS) is 11.7. The van der Waals surface area contributed by atoms with Crippen LogP contribution >= 0.6 is 0 Å².